The van der Waals surface area contributed by atoms with Gasteiger partial charge in [0, 0.05) is 18.4 Å². The summed E-state index contributed by atoms with van der Waals surface area (Å²) in [5.41, 5.74) is -2.72. The number of rotatable bonds is 3. The zero-order valence-electron chi connectivity index (χ0n) is 13.9. The summed E-state index contributed by atoms with van der Waals surface area (Å²) in [7, 11) is 1.06. The van der Waals surface area contributed by atoms with Crippen molar-refractivity contribution in [3.63, 3.8) is 0 Å². The van der Waals surface area contributed by atoms with E-state index in [0.29, 0.717) is 0 Å². The van der Waals surface area contributed by atoms with Gasteiger partial charge in [0.1, 0.15) is 0 Å². The summed E-state index contributed by atoms with van der Waals surface area (Å²) in [4.78, 5) is 11.3. The molecule has 1 aliphatic rings. The molecule has 1 fully saturated rings. The number of carbonyl (C=O) groups is 1. The van der Waals surface area contributed by atoms with Gasteiger partial charge in [-0.2, -0.15) is 17.6 Å². The second-order valence-electron chi connectivity index (χ2n) is 6.00. The van der Waals surface area contributed by atoms with Crippen LogP contribution in [0, 0.1) is 17.6 Å². The fourth-order valence-electron chi connectivity index (χ4n) is 3.02. The molecular formula is C16H17F5O4. The Balaban J connectivity index is 2.60. The summed E-state index contributed by atoms with van der Waals surface area (Å²) in [6, 6.07) is 1.87. The molecule has 4 atom stereocenters. The van der Waals surface area contributed by atoms with E-state index in [0.717, 1.165) is 33.1 Å². The van der Waals surface area contributed by atoms with Crippen LogP contribution in [0.2, 0.25) is 0 Å². The molecule has 1 aromatic carbocycles. The summed E-state index contributed by atoms with van der Waals surface area (Å²) in [5, 5.41) is 0. The van der Waals surface area contributed by atoms with Gasteiger partial charge in [0.25, 0.3) is 0 Å². The molecule has 140 valence electrons. The van der Waals surface area contributed by atoms with Gasteiger partial charge in [0.15, 0.2) is 17.2 Å². The van der Waals surface area contributed by atoms with E-state index in [4.69, 9.17) is 14.2 Å². The van der Waals surface area contributed by atoms with E-state index in [1.54, 1.807) is 0 Å². The van der Waals surface area contributed by atoms with Crippen LogP contribution in [0.4, 0.5) is 22.0 Å². The van der Waals surface area contributed by atoms with Crippen molar-refractivity contribution in [1.82, 2.24) is 0 Å². The first-order valence-corrected chi connectivity index (χ1v) is 7.37. The van der Waals surface area contributed by atoms with Crippen LogP contribution in [0.15, 0.2) is 12.1 Å². The Morgan fingerprint density at radius 2 is 1.88 bits per heavy atom. The van der Waals surface area contributed by atoms with E-state index in [1.165, 1.54) is 6.92 Å². The van der Waals surface area contributed by atoms with E-state index in [-0.39, 0.29) is 5.56 Å². The van der Waals surface area contributed by atoms with Crippen LogP contribution in [0.3, 0.4) is 0 Å². The fraction of sp³-hybridized carbons (Fsp3) is 0.562. The lowest BCUT2D eigenvalue weighted by atomic mass is 9.79. The Kier molecular flexibility index (Phi) is 5.00. The van der Waals surface area contributed by atoms with Crippen LogP contribution in [0.25, 0.3) is 0 Å². The maximum atomic E-state index is 14.0. The van der Waals surface area contributed by atoms with Crippen LogP contribution >= 0.6 is 0 Å². The van der Waals surface area contributed by atoms with Crippen molar-refractivity contribution in [2.75, 3.05) is 7.11 Å². The minimum Gasteiger partial charge on any atom is -0.493 e. The van der Waals surface area contributed by atoms with Crippen LogP contribution in [0.5, 0.6) is 5.75 Å². The van der Waals surface area contributed by atoms with Gasteiger partial charge in [-0.25, -0.2) is 4.39 Å². The third-order valence-electron chi connectivity index (χ3n) is 4.55. The van der Waals surface area contributed by atoms with Gasteiger partial charge in [0.05, 0.1) is 13.0 Å². The Labute approximate surface area is 140 Å². The van der Waals surface area contributed by atoms with Crippen LogP contribution in [-0.4, -0.2) is 31.1 Å². The fourth-order valence-corrected chi connectivity index (χ4v) is 3.02. The number of ether oxygens (including phenoxy) is 3. The normalized spacial score (nSPS) is 29.6. The molecule has 9 heteroatoms. The molecule has 0 unspecified atom stereocenters. The maximum Gasteiger partial charge on any atom is 0.417 e. The average Bonchev–Trinajstić information content (AvgIpc) is 2.73. The van der Waals surface area contributed by atoms with Crippen LogP contribution < -0.4 is 4.74 Å². The number of carbonyl (C=O) groups excluding carboxylic acids is 1. The van der Waals surface area contributed by atoms with Gasteiger partial charge in [0.2, 0.25) is 12.1 Å². The Morgan fingerprint density at radius 3 is 2.36 bits per heavy atom. The molecule has 1 saturated heterocycles. The molecule has 0 saturated carbocycles. The molecule has 0 aliphatic carbocycles. The molecule has 0 spiro atoms. The summed E-state index contributed by atoms with van der Waals surface area (Å²) >= 11 is 0. The van der Waals surface area contributed by atoms with Gasteiger partial charge in [-0.1, -0.05) is 13.0 Å². The maximum absolute atomic E-state index is 14.0. The van der Waals surface area contributed by atoms with E-state index < -0.39 is 53.3 Å². The molecule has 1 aliphatic heterocycles. The number of alkyl halides is 3. The number of esters is 1. The van der Waals surface area contributed by atoms with E-state index in [9.17, 15) is 26.7 Å². The van der Waals surface area contributed by atoms with Gasteiger partial charge >= 0.3 is 12.1 Å². The van der Waals surface area contributed by atoms with E-state index in [2.05, 4.69) is 0 Å². The number of hydrogen-bond acceptors (Lipinski definition) is 4. The van der Waals surface area contributed by atoms with Crippen molar-refractivity contribution in [3.05, 3.63) is 29.3 Å². The van der Waals surface area contributed by atoms with Crippen LogP contribution in [-0.2, 0) is 14.3 Å². The van der Waals surface area contributed by atoms with Crippen molar-refractivity contribution < 1.29 is 41.0 Å². The minimum atomic E-state index is -4.77. The summed E-state index contributed by atoms with van der Waals surface area (Å²) in [6.07, 6.45) is -6.40. The largest absolute Gasteiger partial charge is 0.493 e. The second kappa shape index (κ2) is 6.44. The molecular weight excluding hydrogens is 351 g/mol. The highest BCUT2D eigenvalue weighted by atomic mass is 19.4. The number of benzene rings is 1. The number of hydrogen-bond donors (Lipinski definition) is 0. The summed E-state index contributed by atoms with van der Waals surface area (Å²) in [6.45, 7) is 3.07. The first kappa shape index (κ1) is 19.4. The quantitative estimate of drug-likeness (QED) is 0.599. The van der Waals surface area contributed by atoms with Crippen molar-refractivity contribution >= 4 is 5.97 Å². The van der Waals surface area contributed by atoms with Gasteiger partial charge in [-0.15, -0.1) is 0 Å². The van der Waals surface area contributed by atoms with Gasteiger partial charge in [-0.3, -0.25) is 4.79 Å². The SMILES string of the molecule is COc1c([C@H]2[C@H](OC(C)=O)O[C@@](C)(C(F)(F)F)[C@H]2C)ccc(F)c1F. The van der Waals surface area contributed by atoms with Crippen molar-refractivity contribution in [3.8, 4) is 5.75 Å². The summed E-state index contributed by atoms with van der Waals surface area (Å²) < 4.78 is 82.6. The van der Waals surface area contributed by atoms with Crippen molar-refractivity contribution in [2.45, 2.75) is 44.8 Å². The molecule has 2 rings (SSSR count). The molecule has 1 heterocycles. The summed E-state index contributed by atoms with van der Waals surface area (Å²) in [5.74, 6) is -6.44. The molecule has 0 bridgehead atoms. The molecule has 0 aromatic heterocycles. The minimum absolute atomic E-state index is 0.0758. The van der Waals surface area contributed by atoms with E-state index in [1.807, 2.05) is 0 Å². The monoisotopic (exact) mass is 368 g/mol. The molecule has 25 heavy (non-hydrogen) atoms. The molecule has 4 nitrogen and oxygen atoms in total. The molecule has 1 aromatic rings. The topological polar surface area (TPSA) is 44.8 Å². The second-order valence-corrected chi connectivity index (χ2v) is 6.00. The van der Waals surface area contributed by atoms with E-state index >= 15 is 0 Å². The highest BCUT2D eigenvalue weighted by Gasteiger charge is 2.65. The third-order valence-corrected chi connectivity index (χ3v) is 4.55. The van der Waals surface area contributed by atoms with Gasteiger partial charge < -0.3 is 14.2 Å². The molecule has 0 N–H and O–H groups in total. The predicted molar refractivity (Wildman–Crippen MR) is 75.9 cm³/mol. The Bertz CT molecular complexity index is 675. The lowest BCUT2D eigenvalue weighted by Crippen LogP contribution is -2.47. The first-order valence-electron chi connectivity index (χ1n) is 7.37. The van der Waals surface area contributed by atoms with Crippen molar-refractivity contribution in [1.29, 1.82) is 0 Å². The zero-order chi connectivity index (χ0) is 19.2. The predicted octanol–water partition coefficient (Wildman–Crippen LogP) is 3.93. The van der Waals surface area contributed by atoms with Crippen molar-refractivity contribution in [2.24, 2.45) is 5.92 Å². The molecule has 0 radical (unpaired) electrons. The number of methoxy groups -OCH3 is 1. The average molecular weight is 368 g/mol. The molecule has 0 amide bonds. The lowest BCUT2D eigenvalue weighted by molar-refractivity contribution is -0.293. The first-order chi connectivity index (χ1) is 11.4. The third kappa shape index (κ3) is 3.17. The Hall–Kier alpha value is -1.90. The number of halogens is 5. The lowest BCUT2D eigenvalue weighted by Gasteiger charge is -2.31. The Morgan fingerprint density at radius 1 is 1.28 bits per heavy atom. The zero-order valence-corrected chi connectivity index (χ0v) is 13.9. The highest BCUT2D eigenvalue weighted by Crippen LogP contribution is 2.54. The standard InChI is InChI=1S/C16H17F5O4/c1-7-11(9-5-6-10(17)12(18)13(9)23-4)14(24-8(2)22)25-15(7,3)16(19,20)21/h5-7,11,14H,1-4H3/t7-,11-,14+,15+/m0/s1. The highest BCUT2D eigenvalue weighted by molar-refractivity contribution is 5.66. The smallest absolute Gasteiger partial charge is 0.417 e. The van der Waals surface area contributed by atoms with Crippen LogP contribution in [0.1, 0.15) is 32.3 Å². The van der Waals surface area contributed by atoms with Gasteiger partial charge in [-0.05, 0) is 13.0 Å².